The molecule has 1 heterocycles. The molecule has 1 aromatic rings. The van der Waals surface area contributed by atoms with Crippen LogP contribution in [0.25, 0.3) is 0 Å². The summed E-state index contributed by atoms with van der Waals surface area (Å²) in [6.45, 7) is 5.00. The molecular weight excluding hydrogens is 192 g/mol. The van der Waals surface area contributed by atoms with Gasteiger partial charge in [0.05, 0.1) is 17.8 Å². The first-order valence-electron chi connectivity index (χ1n) is 5.25. The number of aromatic nitrogens is 2. The van der Waals surface area contributed by atoms with Crippen molar-refractivity contribution >= 4 is 0 Å². The topological polar surface area (TPSA) is 65.1 Å². The summed E-state index contributed by atoms with van der Waals surface area (Å²) in [7, 11) is 1.68. The lowest BCUT2D eigenvalue weighted by Gasteiger charge is -2.22. The molecule has 0 aliphatic heterocycles. The molecule has 0 bridgehead atoms. The summed E-state index contributed by atoms with van der Waals surface area (Å²) in [6, 6.07) is 1.94. The quantitative estimate of drug-likeness (QED) is 0.541. The van der Waals surface area contributed by atoms with Crippen molar-refractivity contribution in [1.82, 2.24) is 15.2 Å². The zero-order valence-electron chi connectivity index (χ0n) is 9.60. The summed E-state index contributed by atoms with van der Waals surface area (Å²) < 4.78 is 7.23. The van der Waals surface area contributed by atoms with Gasteiger partial charge in [-0.25, -0.2) is 5.43 Å². The van der Waals surface area contributed by atoms with Crippen molar-refractivity contribution < 1.29 is 4.74 Å². The highest BCUT2D eigenvalue weighted by Gasteiger charge is 2.20. The lowest BCUT2D eigenvalue weighted by atomic mass is 10.1. The molecule has 1 rings (SSSR count). The van der Waals surface area contributed by atoms with Crippen LogP contribution in [0, 0.1) is 0 Å². The van der Waals surface area contributed by atoms with Crippen molar-refractivity contribution in [3.63, 3.8) is 0 Å². The SMILES string of the molecule is CCCn1nccc1C(NN)C(C)OC. The molecule has 15 heavy (non-hydrogen) atoms. The van der Waals surface area contributed by atoms with Crippen LogP contribution < -0.4 is 11.3 Å². The third kappa shape index (κ3) is 2.77. The van der Waals surface area contributed by atoms with E-state index in [-0.39, 0.29) is 12.1 Å². The molecule has 1 aromatic heterocycles. The average Bonchev–Trinajstić information content (AvgIpc) is 2.68. The molecule has 0 aliphatic rings. The highest BCUT2D eigenvalue weighted by atomic mass is 16.5. The summed E-state index contributed by atoms with van der Waals surface area (Å²) in [5.74, 6) is 5.53. The van der Waals surface area contributed by atoms with E-state index in [0.717, 1.165) is 18.7 Å². The number of methoxy groups -OCH3 is 1. The van der Waals surface area contributed by atoms with Crippen LogP contribution in [0.1, 0.15) is 32.0 Å². The summed E-state index contributed by atoms with van der Waals surface area (Å²) in [5.41, 5.74) is 3.83. The molecule has 3 N–H and O–H groups in total. The second kappa shape index (κ2) is 5.85. The molecule has 0 radical (unpaired) electrons. The maximum atomic E-state index is 5.53. The Labute approximate surface area is 90.6 Å². The van der Waals surface area contributed by atoms with Gasteiger partial charge < -0.3 is 4.74 Å². The second-order valence-corrected chi connectivity index (χ2v) is 3.56. The third-order valence-electron chi connectivity index (χ3n) is 2.52. The van der Waals surface area contributed by atoms with Gasteiger partial charge in [0.15, 0.2) is 0 Å². The Bertz CT molecular complexity index is 287. The molecule has 0 aromatic carbocycles. The van der Waals surface area contributed by atoms with E-state index < -0.39 is 0 Å². The first kappa shape index (κ1) is 12.2. The molecule has 0 saturated carbocycles. The monoisotopic (exact) mass is 212 g/mol. The van der Waals surface area contributed by atoms with Crippen LogP contribution >= 0.6 is 0 Å². The van der Waals surface area contributed by atoms with Gasteiger partial charge in [-0.15, -0.1) is 0 Å². The highest BCUT2D eigenvalue weighted by molar-refractivity contribution is 5.08. The Hall–Kier alpha value is -0.910. The molecule has 86 valence electrons. The van der Waals surface area contributed by atoms with Gasteiger partial charge >= 0.3 is 0 Å². The van der Waals surface area contributed by atoms with E-state index in [4.69, 9.17) is 10.6 Å². The molecule has 2 atom stereocenters. The molecule has 5 heteroatoms. The number of ether oxygens (including phenoxy) is 1. The minimum absolute atomic E-state index is 0.0160. The molecule has 5 nitrogen and oxygen atoms in total. The Morgan fingerprint density at radius 1 is 1.67 bits per heavy atom. The van der Waals surface area contributed by atoms with Gasteiger partial charge in [0.1, 0.15) is 0 Å². The van der Waals surface area contributed by atoms with Gasteiger partial charge in [0, 0.05) is 19.9 Å². The van der Waals surface area contributed by atoms with Crippen LogP contribution in [0.15, 0.2) is 12.3 Å². The summed E-state index contributed by atoms with van der Waals surface area (Å²) in [5, 5.41) is 4.26. The average molecular weight is 212 g/mol. The van der Waals surface area contributed by atoms with Crippen LogP contribution in [0.4, 0.5) is 0 Å². The Morgan fingerprint density at radius 3 is 2.93 bits per heavy atom. The molecule has 0 saturated heterocycles. The van der Waals surface area contributed by atoms with Crippen molar-refractivity contribution in [2.24, 2.45) is 5.84 Å². The molecule has 0 amide bonds. The van der Waals surface area contributed by atoms with E-state index >= 15 is 0 Å². The summed E-state index contributed by atoms with van der Waals surface area (Å²) in [6.07, 6.45) is 2.85. The van der Waals surface area contributed by atoms with E-state index in [1.165, 1.54) is 0 Å². The second-order valence-electron chi connectivity index (χ2n) is 3.56. The third-order valence-corrected chi connectivity index (χ3v) is 2.52. The van der Waals surface area contributed by atoms with E-state index in [9.17, 15) is 0 Å². The number of hydrazine groups is 1. The Balaban J connectivity index is 2.85. The number of nitrogens with zero attached hydrogens (tertiary/aromatic N) is 2. The predicted octanol–water partition coefficient (Wildman–Crippen LogP) is 0.832. The van der Waals surface area contributed by atoms with Crippen molar-refractivity contribution in [2.75, 3.05) is 7.11 Å². The summed E-state index contributed by atoms with van der Waals surface area (Å²) in [4.78, 5) is 0. The van der Waals surface area contributed by atoms with Crippen LogP contribution in [-0.4, -0.2) is 23.0 Å². The number of nitrogens with two attached hydrogens (primary N) is 1. The molecule has 2 unspecified atom stereocenters. The van der Waals surface area contributed by atoms with Crippen molar-refractivity contribution in [2.45, 2.75) is 39.0 Å². The fraction of sp³-hybridized carbons (Fsp3) is 0.700. The molecule has 0 aliphatic carbocycles. The minimum atomic E-state index is -0.0240. The first-order valence-corrected chi connectivity index (χ1v) is 5.25. The van der Waals surface area contributed by atoms with Gasteiger partial charge in [-0.2, -0.15) is 5.10 Å². The van der Waals surface area contributed by atoms with E-state index in [1.807, 2.05) is 17.7 Å². The number of aryl methyl sites for hydroxylation is 1. The van der Waals surface area contributed by atoms with Crippen molar-refractivity contribution in [3.05, 3.63) is 18.0 Å². The van der Waals surface area contributed by atoms with Gasteiger partial charge in [-0.3, -0.25) is 10.5 Å². The zero-order valence-corrected chi connectivity index (χ0v) is 9.60. The summed E-state index contributed by atoms with van der Waals surface area (Å²) >= 11 is 0. The van der Waals surface area contributed by atoms with Crippen molar-refractivity contribution in [3.8, 4) is 0 Å². The number of hydrogen-bond acceptors (Lipinski definition) is 4. The maximum absolute atomic E-state index is 5.53. The fourth-order valence-corrected chi connectivity index (χ4v) is 1.60. The Kier molecular flexibility index (Phi) is 4.74. The molecule has 0 fully saturated rings. The maximum Gasteiger partial charge on any atom is 0.0887 e. The lowest BCUT2D eigenvalue weighted by Crippen LogP contribution is -2.37. The van der Waals surface area contributed by atoms with Crippen LogP contribution in [-0.2, 0) is 11.3 Å². The smallest absolute Gasteiger partial charge is 0.0887 e. The number of nitrogens with one attached hydrogen (secondary N) is 1. The first-order chi connectivity index (χ1) is 7.24. The number of hydrogen-bond donors (Lipinski definition) is 2. The number of rotatable bonds is 6. The van der Waals surface area contributed by atoms with Crippen LogP contribution in [0.3, 0.4) is 0 Å². The van der Waals surface area contributed by atoms with Crippen molar-refractivity contribution in [1.29, 1.82) is 0 Å². The van der Waals surface area contributed by atoms with Gasteiger partial charge in [0.2, 0.25) is 0 Å². The van der Waals surface area contributed by atoms with Gasteiger partial charge in [-0.1, -0.05) is 6.92 Å². The molecule has 0 spiro atoms. The lowest BCUT2D eigenvalue weighted by molar-refractivity contribution is 0.0799. The largest absolute Gasteiger partial charge is 0.380 e. The predicted molar refractivity (Wildman–Crippen MR) is 59.1 cm³/mol. The van der Waals surface area contributed by atoms with Crippen LogP contribution in [0.2, 0.25) is 0 Å². The Morgan fingerprint density at radius 2 is 2.40 bits per heavy atom. The van der Waals surface area contributed by atoms with E-state index in [0.29, 0.717) is 0 Å². The normalized spacial score (nSPS) is 15.2. The van der Waals surface area contributed by atoms with E-state index in [1.54, 1.807) is 13.3 Å². The van der Waals surface area contributed by atoms with Gasteiger partial charge in [-0.05, 0) is 19.4 Å². The van der Waals surface area contributed by atoms with Gasteiger partial charge in [0.25, 0.3) is 0 Å². The van der Waals surface area contributed by atoms with Crippen LogP contribution in [0.5, 0.6) is 0 Å². The fourth-order valence-electron chi connectivity index (χ4n) is 1.60. The molecular formula is C10H20N4O. The standard InChI is InChI=1S/C10H20N4O/c1-4-7-14-9(5-6-12-14)10(13-11)8(2)15-3/h5-6,8,10,13H,4,7,11H2,1-3H3. The minimum Gasteiger partial charge on any atom is -0.380 e. The highest BCUT2D eigenvalue weighted by Crippen LogP contribution is 2.17. The van der Waals surface area contributed by atoms with E-state index in [2.05, 4.69) is 17.4 Å². The zero-order chi connectivity index (χ0) is 11.3.